The lowest BCUT2D eigenvalue weighted by Crippen LogP contribution is -2.63. The van der Waals surface area contributed by atoms with E-state index in [-0.39, 0.29) is 45.5 Å². The lowest BCUT2D eigenvalue weighted by Gasteiger charge is -2.44. The van der Waals surface area contributed by atoms with Gasteiger partial charge in [-0.1, -0.05) is 122 Å². The van der Waals surface area contributed by atoms with Crippen molar-refractivity contribution in [1.29, 1.82) is 0 Å². The zero-order valence-corrected chi connectivity index (χ0v) is 41.3. The number of benzene rings is 1. The van der Waals surface area contributed by atoms with Crippen molar-refractivity contribution in [3.63, 3.8) is 0 Å². The Hall–Kier alpha value is -3.18. The van der Waals surface area contributed by atoms with Gasteiger partial charge in [-0.25, -0.2) is 0 Å². The molecular formula is C51H82O15. The molecule has 15 heteroatoms. The second-order valence-corrected chi connectivity index (χ2v) is 18.7. The van der Waals surface area contributed by atoms with Crippen LogP contribution in [-0.4, -0.2) is 110 Å². The average Bonchev–Trinajstić information content (AvgIpc) is 3.76. The van der Waals surface area contributed by atoms with E-state index in [1.54, 1.807) is 13.8 Å². The minimum absolute atomic E-state index is 0.0864. The van der Waals surface area contributed by atoms with Crippen molar-refractivity contribution in [1.82, 2.24) is 0 Å². The van der Waals surface area contributed by atoms with Gasteiger partial charge in [0, 0.05) is 25.7 Å². The van der Waals surface area contributed by atoms with Gasteiger partial charge < -0.3 is 52.1 Å². The first-order chi connectivity index (χ1) is 31.7. The van der Waals surface area contributed by atoms with E-state index in [4.69, 9.17) is 52.1 Å². The van der Waals surface area contributed by atoms with Crippen LogP contribution in [0.15, 0.2) is 30.3 Å². The van der Waals surface area contributed by atoms with Crippen molar-refractivity contribution >= 4 is 23.9 Å². The molecule has 0 bridgehead atoms. The molecule has 3 heterocycles. The summed E-state index contributed by atoms with van der Waals surface area (Å²) in [7, 11) is 0. The summed E-state index contributed by atoms with van der Waals surface area (Å²) in [5, 5.41) is 0. The molecule has 0 radical (unpaired) electrons. The Labute approximate surface area is 394 Å². The van der Waals surface area contributed by atoms with Crippen LogP contribution in [0.3, 0.4) is 0 Å². The Bertz CT molecular complexity index is 1570. The molecule has 0 N–H and O–H groups in total. The third-order valence-electron chi connectivity index (χ3n) is 11.8. The van der Waals surface area contributed by atoms with Gasteiger partial charge in [-0.15, -0.1) is 0 Å². The van der Waals surface area contributed by atoms with Gasteiger partial charge in [0.1, 0.15) is 37.1 Å². The third kappa shape index (κ3) is 19.1. The highest BCUT2D eigenvalue weighted by Gasteiger charge is 2.56. The fraction of sp³-hybridized carbons (Fsp3) is 0.804. The third-order valence-corrected chi connectivity index (χ3v) is 11.8. The van der Waals surface area contributed by atoms with Crippen molar-refractivity contribution in [2.24, 2.45) is 0 Å². The Morgan fingerprint density at radius 1 is 0.500 bits per heavy atom. The molecule has 3 aliphatic rings. The number of hydrogen-bond donors (Lipinski definition) is 0. The molecule has 0 aromatic heterocycles. The van der Waals surface area contributed by atoms with Crippen LogP contribution < -0.4 is 0 Å². The van der Waals surface area contributed by atoms with Crippen LogP contribution >= 0.6 is 0 Å². The normalized spacial score (nSPS) is 26.8. The molecule has 0 unspecified atom stereocenters. The van der Waals surface area contributed by atoms with Gasteiger partial charge in [0.15, 0.2) is 36.2 Å². The average molecular weight is 935 g/mol. The molecule has 1 aromatic carbocycles. The van der Waals surface area contributed by atoms with E-state index in [9.17, 15) is 19.2 Å². The highest BCUT2D eigenvalue weighted by molar-refractivity contribution is 5.72. The highest BCUT2D eigenvalue weighted by Crippen LogP contribution is 2.40. The van der Waals surface area contributed by atoms with Gasteiger partial charge in [0.05, 0.1) is 19.8 Å². The summed E-state index contributed by atoms with van der Waals surface area (Å²) in [4.78, 5) is 54.0. The van der Waals surface area contributed by atoms with E-state index < -0.39 is 90.6 Å². The van der Waals surface area contributed by atoms with Crippen LogP contribution in [0.2, 0.25) is 0 Å². The summed E-state index contributed by atoms with van der Waals surface area (Å²) in [6.45, 7) is 15.6. The molecule has 0 amide bonds. The van der Waals surface area contributed by atoms with Crippen LogP contribution in [0.1, 0.15) is 177 Å². The molecule has 66 heavy (non-hydrogen) atoms. The van der Waals surface area contributed by atoms with E-state index in [1.807, 2.05) is 65.0 Å². The maximum Gasteiger partial charge on any atom is 0.306 e. The number of rotatable bonds is 31. The molecule has 0 spiro atoms. The van der Waals surface area contributed by atoms with E-state index in [0.29, 0.717) is 32.3 Å². The molecule has 1 aromatic rings. The molecule has 9 atom stereocenters. The summed E-state index contributed by atoms with van der Waals surface area (Å²) in [6.07, 6.45) is 2.64. The summed E-state index contributed by atoms with van der Waals surface area (Å²) in [6, 6.07) is 9.84. The molecule has 3 aliphatic heterocycles. The number of esters is 4. The summed E-state index contributed by atoms with van der Waals surface area (Å²) in [5.74, 6) is -4.14. The van der Waals surface area contributed by atoms with E-state index in [0.717, 1.165) is 69.8 Å². The maximum absolute atomic E-state index is 13.8. The number of carbonyl (C=O) groups excluding carboxylic acids is 4. The summed E-state index contributed by atoms with van der Waals surface area (Å²) >= 11 is 0. The highest BCUT2D eigenvalue weighted by atomic mass is 16.8. The maximum atomic E-state index is 13.8. The SMILES string of the molecule is CCCCCCCC(=O)O[C@@H]1[C@H](OC[C@H]2OC(C)(C)O[C@H]2[C@@H]2OC(C)(C)O[C@@H]2COCc2ccccc2)O[C@H](COC(=O)CCCCC)[C@@H](OC(=O)CCCCC)[C@@H]1OC(=O)CCCCC. The molecule has 0 aliphatic carbocycles. The van der Waals surface area contributed by atoms with Crippen LogP contribution in [0, 0.1) is 0 Å². The van der Waals surface area contributed by atoms with Crippen molar-refractivity contribution in [2.45, 2.75) is 244 Å². The lowest BCUT2D eigenvalue weighted by atomic mass is 9.97. The zero-order valence-electron chi connectivity index (χ0n) is 41.3. The minimum Gasteiger partial charge on any atom is -0.463 e. The Balaban J connectivity index is 1.66. The molecule has 3 fully saturated rings. The standard InChI is InChI=1S/C51H82O15/c1-9-13-17-18-25-31-43(55)62-48-47(61-42(54)30-22-16-12-4)44(60-41(53)29-21-15-11-3)37(34-57-40(52)28-20-14-10-2)59-49(48)58-35-39-46(66-51(7,8)64-39)45-38(63-50(5,6)65-45)33-56-32-36-26-23-19-24-27-36/h19,23-24,26-27,37-39,44-49H,9-18,20-22,25,28-35H2,1-8H3/t37-,38-,39-,44-,45-,46-,47+,48+,49-/m1/s1. The lowest BCUT2D eigenvalue weighted by molar-refractivity contribution is -0.313. The number of ether oxygens (including phenoxy) is 11. The minimum atomic E-state index is -1.39. The van der Waals surface area contributed by atoms with Gasteiger partial charge in [-0.2, -0.15) is 0 Å². The van der Waals surface area contributed by atoms with Crippen molar-refractivity contribution in [2.75, 3.05) is 19.8 Å². The first kappa shape index (κ1) is 55.4. The first-order valence-electron chi connectivity index (χ1n) is 25.0. The molecular weight excluding hydrogens is 853 g/mol. The predicted octanol–water partition coefficient (Wildman–Crippen LogP) is 9.36. The van der Waals surface area contributed by atoms with Crippen molar-refractivity contribution in [3.05, 3.63) is 35.9 Å². The Morgan fingerprint density at radius 3 is 1.50 bits per heavy atom. The Morgan fingerprint density at radius 2 is 0.955 bits per heavy atom. The first-order valence-corrected chi connectivity index (χ1v) is 25.0. The number of carbonyl (C=O) groups is 4. The fourth-order valence-corrected chi connectivity index (χ4v) is 8.46. The van der Waals surface area contributed by atoms with Gasteiger partial charge in [0.25, 0.3) is 0 Å². The molecule has 4 rings (SSSR count). The zero-order chi connectivity index (χ0) is 48.0. The number of unbranched alkanes of at least 4 members (excludes halogenated alkanes) is 10. The second kappa shape index (κ2) is 29.0. The van der Waals surface area contributed by atoms with Crippen LogP contribution in [0.25, 0.3) is 0 Å². The monoisotopic (exact) mass is 935 g/mol. The topological polar surface area (TPSA) is 170 Å². The van der Waals surface area contributed by atoms with Gasteiger partial charge in [-0.3, -0.25) is 19.2 Å². The van der Waals surface area contributed by atoms with Gasteiger partial charge >= 0.3 is 23.9 Å². The molecule has 376 valence electrons. The second-order valence-electron chi connectivity index (χ2n) is 18.7. The van der Waals surface area contributed by atoms with Crippen LogP contribution in [-0.2, 0) is 77.9 Å². The Kier molecular flexibility index (Phi) is 24.3. The summed E-state index contributed by atoms with van der Waals surface area (Å²) < 4.78 is 69.4. The van der Waals surface area contributed by atoms with Gasteiger partial charge in [0.2, 0.25) is 0 Å². The molecule has 3 saturated heterocycles. The molecule has 0 saturated carbocycles. The molecule has 15 nitrogen and oxygen atoms in total. The van der Waals surface area contributed by atoms with E-state index >= 15 is 0 Å². The van der Waals surface area contributed by atoms with Crippen molar-refractivity contribution < 1.29 is 71.3 Å². The quantitative estimate of drug-likeness (QED) is 0.0392. The van der Waals surface area contributed by atoms with E-state index in [1.165, 1.54) is 0 Å². The van der Waals surface area contributed by atoms with Crippen LogP contribution in [0.4, 0.5) is 0 Å². The largest absolute Gasteiger partial charge is 0.463 e. The van der Waals surface area contributed by atoms with Gasteiger partial charge in [-0.05, 0) is 58.9 Å². The number of hydrogen-bond acceptors (Lipinski definition) is 15. The smallest absolute Gasteiger partial charge is 0.306 e. The van der Waals surface area contributed by atoms with Crippen molar-refractivity contribution in [3.8, 4) is 0 Å². The fourth-order valence-electron chi connectivity index (χ4n) is 8.46. The van der Waals surface area contributed by atoms with E-state index in [2.05, 4.69) is 6.92 Å². The predicted molar refractivity (Wildman–Crippen MR) is 245 cm³/mol. The van der Waals surface area contributed by atoms with Crippen LogP contribution in [0.5, 0.6) is 0 Å². The summed E-state index contributed by atoms with van der Waals surface area (Å²) in [5.41, 5.74) is 1.02.